The number of hydrogen-bond donors (Lipinski definition) is 3. The lowest BCUT2D eigenvalue weighted by Gasteiger charge is -2.13. The molecule has 0 fully saturated rings. The molecule has 0 amide bonds. The van der Waals surface area contributed by atoms with Crippen molar-refractivity contribution in [2.75, 3.05) is 36.0 Å². The second-order valence-electron chi connectivity index (χ2n) is 8.27. The van der Waals surface area contributed by atoms with Crippen LogP contribution in [0, 0.1) is 0 Å². The molecule has 0 bridgehead atoms. The Morgan fingerprint density at radius 3 is 1.91 bits per heavy atom. The molecule has 0 unspecified atom stereocenters. The van der Waals surface area contributed by atoms with Crippen molar-refractivity contribution in [2.45, 2.75) is 0 Å². The first-order valence-corrected chi connectivity index (χ1v) is 11.0. The predicted octanol–water partition coefficient (Wildman–Crippen LogP) is 3.80. The average molecular weight is 435 g/mol. The fourth-order valence-electron chi connectivity index (χ4n) is 4.51. The number of nitrogens with zero attached hydrogens (tertiary/aromatic N) is 6. The summed E-state index contributed by atoms with van der Waals surface area (Å²) < 4.78 is 0. The summed E-state index contributed by atoms with van der Waals surface area (Å²) in [5, 5.41) is 0. The molecule has 0 aliphatic carbocycles. The molecule has 2 aliphatic rings. The highest BCUT2D eigenvalue weighted by Gasteiger charge is 2.17. The van der Waals surface area contributed by atoms with Gasteiger partial charge in [-0.15, -0.1) is 0 Å². The second kappa shape index (κ2) is 7.06. The van der Waals surface area contributed by atoms with E-state index in [9.17, 15) is 0 Å². The fraction of sp³-hybridized carbons (Fsp3) is 0.167. The molecule has 2 aromatic carbocycles. The minimum Gasteiger partial charge on any atom is -0.358 e. The number of anilines is 2. The standard InChI is InChI=1S/C24H21N9/c1-3-18-20(11-15(1)32-9-7-25-13-32)30-23(28-18)17-5-6-27-22(17)24-29-19-4-2-16(12-21(19)31-24)33-10-8-26-14-33/h1-6,11-14,27H,7-10H2,(H,28,30)(H,29,31). The minimum absolute atomic E-state index is 0.784. The fourth-order valence-corrected chi connectivity index (χ4v) is 4.51. The van der Waals surface area contributed by atoms with Crippen molar-refractivity contribution in [1.29, 1.82) is 0 Å². The molecule has 0 saturated heterocycles. The summed E-state index contributed by atoms with van der Waals surface area (Å²) in [6, 6.07) is 14.5. The predicted molar refractivity (Wildman–Crippen MR) is 132 cm³/mol. The minimum atomic E-state index is 0.784. The third kappa shape index (κ3) is 3.00. The van der Waals surface area contributed by atoms with Gasteiger partial charge in [-0.05, 0) is 42.5 Å². The van der Waals surface area contributed by atoms with Crippen molar-refractivity contribution in [3.8, 4) is 22.9 Å². The van der Waals surface area contributed by atoms with Crippen molar-refractivity contribution >= 4 is 46.1 Å². The summed E-state index contributed by atoms with van der Waals surface area (Å²) in [6.45, 7) is 3.49. The van der Waals surface area contributed by atoms with Crippen LogP contribution in [0.15, 0.2) is 58.6 Å². The number of benzene rings is 2. The van der Waals surface area contributed by atoms with E-state index < -0.39 is 0 Å². The number of H-pyrrole nitrogens is 3. The van der Waals surface area contributed by atoms with Crippen LogP contribution in [0.1, 0.15) is 0 Å². The zero-order chi connectivity index (χ0) is 21.8. The van der Waals surface area contributed by atoms with E-state index in [0.717, 1.165) is 82.5 Å². The SMILES string of the molecule is C1=NCCN1c1ccc2nc(-c3cc[nH]c3-c3nc4ccc(N5C=NCC5)cc4[nH]3)[nH]c2c1. The Balaban J connectivity index is 1.26. The van der Waals surface area contributed by atoms with E-state index in [4.69, 9.17) is 9.97 Å². The molecule has 0 spiro atoms. The van der Waals surface area contributed by atoms with Gasteiger partial charge in [0.25, 0.3) is 0 Å². The van der Waals surface area contributed by atoms with Crippen molar-refractivity contribution in [1.82, 2.24) is 24.9 Å². The molecule has 9 heteroatoms. The lowest BCUT2D eigenvalue weighted by molar-refractivity contribution is 1.02. The smallest absolute Gasteiger partial charge is 0.155 e. The lowest BCUT2D eigenvalue weighted by atomic mass is 10.2. The van der Waals surface area contributed by atoms with E-state index in [1.165, 1.54) is 0 Å². The summed E-state index contributed by atoms with van der Waals surface area (Å²) in [4.78, 5) is 32.9. The maximum Gasteiger partial charge on any atom is 0.155 e. The Hall–Kier alpha value is -4.40. The normalized spacial score (nSPS) is 15.6. The van der Waals surface area contributed by atoms with Crippen LogP contribution in [0.5, 0.6) is 0 Å². The van der Waals surface area contributed by atoms with E-state index in [1.54, 1.807) is 0 Å². The molecule has 3 N–H and O–H groups in total. The summed E-state index contributed by atoms with van der Waals surface area (Å²) in [6.07, 6.45) is 5.71. The Labute approximate surface area is 188 Å². The number of aromatic nitrogens is 5. The van der Waals surface area contributed by atoms with Crippen LogP contribution in [0.2, 0.25) is 0 Å². The average Bonchev–Trinajstić information content (AvgIpc) is 3.67. The molecule has 162 valence electrons. The number of aliphatic imine (C=N–C) groups is 2. The van der Waals surface area contributed by atoms with Crippen LogP contribution in [0.25, 0.3) is 45.0 Å². The van der Waals surface area contributed by atoms with Gasteiger partial charge in [-0.1, -0.05) is 0 Å². The van der Waals surface area contributed by atoms with Crippen molar-refractivity contribution < 1.29 is 0 Å². The van der Waals surface area contributed by atoms with Gasteiger partial charge >= 0.3 is 0 Å². The summed E-state index contributed by atoms with van der Waals surface area (Å²) in [7, 11) is 0. The molecule has 0 radical (unpaired) electrons. The molecule has 0 saturated carbocycles. The number of aromatic amines is 3. The number of hydrogen-bond acceptors (Lipinski definition) is 6. The summed E-state index contributed by atoms with van der Waals surface area (Å²) >= 11 is 0. The van der Waals surface area contributed by atoms with Gasteiger partial charge in [0.05, 0.1) is 53.5 Å². The van der Waals surface area contributed by atoms with Gasteiger partial charge in [-0.3, -0.25) is 9.98 Å². The zero-order valence-electron chi connectivity index (χ0n) is 17.8. The van der Waals surface area contributed by atoms with Crippen LogP contribution >= 0.6 is 0 Å². The van der Waals surface area contributed by atoms with Crippen LogP contribution < -0.4 is 9.80 Å². The third-order valence-electron chi connectivity index (χ3n) is 6.22. The molecule has 9 nitrogen and oxygen atoms in total. The van der Waals surface area contributed by atoms with Crippen LogP contribution in [0.4, 0.5) is 11.4 Å². The number of imidazole rings is 2. The monoisotopic (exact) mass is 435 g/mol. The van der Waals surface area contributed by atoms with Gasteiger partial charge in [0.2, 0.25) is 0 Å². The highest BCUT2D eigenvalue weighted by Crippen LogP contribution is 2.32. The number of rotatable bonds is 4. The van der Waals surface area contributed by atoms with E-state index >= 15 is 0 Å². The molecule has 2 aliphatic heterocycles. The van der Waals surface area contributed by atoms with Gasteiger partial charge in [0.1, 0.15) is 5.82 Å². The summed E-state index contributed by atoms with van der Waals surface area (Å²) in [5.74, 6) is 1.59. The second-order valence-corrected chi connectivity index (χ2v) is 8.27. The van der Waals surface area contributed by atoms with E-state index in [0.29, 0.717) is 0 Å². The molecule has 0 atom stereocenters. The molecule has 5 aromatic rings. The highest BCUT2D eigenvalue weighted by molar-refractivity contribution is 5.91. The lowest BCUT2D eigenvalue weighted by Crippen LogP contribution is -2.17. The van der Waals surface area contributed by atoms with Gasteiger partial charge in [0, 0.05) is 36.2 Å². The van der Waals surface area contributed by atoms with Gasteiger partial charge in [-0.2, -0.15) is 0 Å². The maximum atomic E-state index is 4.84. The Morgan fingerprint density at radius 2 is 1.30 bits per heavy atom. The van der Waals surface area contributed by atoms with Crippen LogP contribution in [-0.2, 0) is 0 Å². The van der Waals surface area contributed by atoms with Gasteiger partial charge in [0.15, 0.2) is 5.82 Å². The van der Waals surface area contributed by atoms with E-state index in [2.05, 4.69) is 59.0 Å². The Kier molecular flexibility index (Phi) is 3.89. The van der Waals surface area contributed by atoms with Crippen LogP contribution in [-0.4, -0.2) is 63.8 Å². The number of nitrogens with one attached hydrogen (secondary N) is 3. The molecule has 5 heterocycles. The first-order valence-electron chi connectivity index (χ1n) is 11.0. The largest absolute Gasteiger partial charge is 0.358 e. The molecule has 7 rings (SSSR count). The van der Waals surface area contributed by atoms with Crippen LogP contribution in [0.3, 0.4) is 0 Å². The van der Waals surface area contributed by atoms with E-state index in [-0.39, 0.29) is 0 Å². The molecule has 33 heavy (non-hydrogen) atoms. The topological polar surface area (TPSA) is 104 Å². The Bertz CT molecular complexity index is 1440. The molecular weight excluding hydrogens is 414 g/mol. The van der Waals surface area contributed by atoms with E-state index in [1.807, 2.05) is 37.1 Å². The molecular formula is C24H21N9. The summed E-state index contributed by atoms with van der Waals surface area (Å²) in [5.41, 5.74) is 7.95. The highest BCUT2D eigenvalue weighted by atomic mass is 15.2. The van der Waals surface area contributed by atoms with Crippen molar-refractivity contribution in [2.24, 2.45) is 9.98 Å². The van der Waals surface area contributed by atoms with Gasteiger partial charge in [-0.25, -0.2) is 9.97 Å². The van der Waals surface area contributed by atoms with Crippen molar-refractivity contribution in [3.05, 3.63) is 48.7 Å². The maximum absolute atomic E-state index is 4.84. The van der Waals surface area contributed by atoms with Crippen molar-refractivity contribution in [3.63, 3.8) is 0 Å². The van der Waals surface area contributed by atoms with Gasteiger partial charge < -0.3 is 24.8 Å². The zero-order valence-corrected chi connectivity index (χ0v) is 17.8. The Morgan fingerprint density at radius 1 is 0.697 bits per heavy atom. The number of fused-ring (bicyclic) bond motifs is 2. The first-order chi connectivity index (χ1) is 16.3. The third-order valence-corrected chi connectivity index (χ3v) is 6.22. The first kappa shape index (κ1) is 18.2. The molecule has 3 aromatic heterocycles. The quantitative estimate of drug-likeness (QED) is 0.399.